The van der Waals surface area contributed by atoms with Crippen LogP contribution in [0.2, 0.25) is 0 Å². The van der Waals surface area contributed by atoms with Crippen LogP contribution in [0, 0.1) is 11.6 Å². The second kappa shape index (κ2) is 7.19. The first-order valence-corrected chi connectivity index (χ1v) is 7.11. The third-order valence-corrected chi connectivity index (χ3v) is 3.32. The Labute approximate surface area is 138 Å². The van der Waals surface area contributed by atoms with Crippen LogP contribution in [-0.4, -0.2) is 19.0 Å². The van der Waals surface area contributed by atoms with Gasteiger partial charge in [-0.1, -0.05) is 22.0 Å². The molecule has 5 nitrogen and oxygen atoms in total. The van der Waals surface area contributed by atoms with Gasteiger partial charge in [-0.2, -0.15) is 0 Å². The molecular weight excluding hydrogens is 374 g/mol. The molecule has 0 fully saturated rings. The molecule has 0 atom stereocenters. The van der Waals surface area contributed by atoms with Gasteiger partial charge in [0.25, 0.3) is 5.91 Å². The molecule has 0 aliphatic heterocycles. The summed E-state index contributed by atoms with van der Waals surface area (Å²) in [6.07, 6.45) is 0. The van der Waals surface area contributed by atoms with Crippen LogP contribution in [0.5, 0.6) is 5.75 Å². The highest BCUT2D eigenvalue weighted by Gasteiger charge is 2.19. The molecule has 3 amide bonds. The minimum Gasteiger partial charge on any atom is -0.495 e. The van der Waals surface area contributed by atoms with Gasteiger partial charge in [-0.15, -0.1) is 0 Å². The average molecular weight is 385 g/mol. The monoisotopic (exact) mass is 384 g/mol. The minimum atomic E-state index is -1.19. The smallest absolute Gasteiger partial charge is 0.326 e. The van der Waals surface area contributed by atoms with Crippen molar-refractivity contribution < 1.29 is 23.1 Å². The number of rotatable bonds is 3. The van der Waals surface area contributed by atoms with Crippen molar-refractivity contribution in [1.29, 1.82) is 0 Å². The summed E-state index contributed by atoms with van der Waals surface area (Å²) in [4.78, 5) is 23.6. The summed E-state index contributed by atoms with van der Waals surface area (Å²) in [6, 6.07) is 6.81. The lowest BCUT2D eigenvalue weighted by Gasteiger charge is -2.11. The SMILES string of the molecule is COc1cc(Br)ccc1NC(=O)NC(=O)c1c(F)cccc1F. The van der Waals surface area contributed by atoms with E-state index in [0.717, 1.165) is 22.7 Å². The van der Waals surface area contributed by atoms with Crippen molar-refractivity contribution in [2.24, 2.45) is 0 Å². The molecule has 2 aromatic carbocycles. The molecule has 0 radical (unpaired) electrons. The second-order valence-corrected chi connectivity index (χ2v) is 5.27. The van der Waals surface area contributed by atoms with Gasteiger partial charge in [0, 0.05) is 4.47 Å². The van der Waals surface area contributed by atoms with Gasteiger partial charge in [-0.25, -0.2) is 13.6 Å². The maximum atomic E-state index is 13.5. The number of imide groups is 1. The van der Waals surface area contributed by atoms with Crippen LogP contribution in [0.3, 0.4) is 0 Å². The standard InChI is InChI=1S/C15H11BrF2N2O3/c1-23-12-7-8(16)5-6-11(12)19-15(22)20-14(21)13-9(17)3-2-4-10(13)18/h2-7H,1H3,(H2,19,20,21,22). The van der Waals surface area contributed by atoms with Gasteiger partial charge >= 0.3 is 6.03 Å². The molecule has 0 saturated heterocycles. The van der Waals surface area contributed by atoms with E-state index in [1.807, 2.05) is 5.32 Å². The Morgan fingerprint density at radius 1 is 1.13 bits per heavy atom. The zero-order valence-corrected chi connectivity index (χ0v) is 13.4. The predicted molar refractivity (Wildman–Crippen MR) is 83.5 cm³/mol. The van der Waals surface area contributed by atoms with E-state index in [-0.39, 0.29) is 5.69 Å². The minimum absolute atomic E-state index is 0.287. The molecule has 0 bridgehead atoms. The highest BCUT2D eigenvalue weighted by Crippen LogP contribution is 2.27. The first-order valence-electron chi connectivity index (χ1n) is 6.32. The summed E-state index contributed by atoms with van der Waals surface area (Å²) in [6.45, 7) is 0. The van der Waals surface area contributed by atoms with E-state index in [0.29, 0.717) is 5.75 Å². The number of ether oxygens (including phenoxy) is 1. The number of anilines is 1. The molecule has 0 aliphatic rings. The van der Waals surface area contributed by atoms with Crippen LogP contribution in [-0.2, 0) is 0 Å². The molecule has 8 heteroatoms. The molecule has 23 heavy (non-hydrogen) atoms. The number of benzene rings is 2. The van der Waals surface area contributed by atoms with Crippen LogP contribution in [0.15, 0.2) is 40.9 Å². The number of urea groups is 1. The van der Waals surface area contributed by atoms with Gasteiger partial charge < -0.3 is 10.1 Å². The van der Waals surface area contributed by atoms with E-state index in [1.54, 1.807) is 12.1 Å². The van der Waals surface area contributed by atoms with Crippen LogP contribution in [0.25, 0.3) is 0 Å². The molecule has 2 rings (SSSR count). The molecule has 120 valence electrons. The number of hydrogen-bond acceptors (Lipinski definition) is 3. The normalized spacial score (nSPS) is 10.1. The Morgan fingerprint density at radius 2 is 1.78 bits per heavy atom. The Hall–Kier alpha value is -2.48. The number of carbonyl (C=O) groups is 2. The fraction of sp³-hybridized carbons (Fsp3) is 0.0667. The van der Waals surface area contributed by atoms with E-state index < -0.39 is 29.1 Å². The number of hydrogen-bond donors (Lipinski definition) is 2. The largest absolute Gasteiger partial charge is 0.495 e. The zero-order chi connectivity index (χ0) is 17.0. The summed E-state index contributed by atoms with van der Waals surface area (Å²) < 4.78 is 32.8. The number of nitrogens with one attached hydrogen (secondary N) is 2. The molecule has 0 unspecified atom stereocenters. The van der Waals surface area contributed by atoms with Gasteiger partial charge in [0.15, 0.2) is 0 Å². The predicted octanol–water partition coefficient (Wildman–Crippen LogP) is 3.70. The molecule has 2 aromatic rings. The Kier molecular flexibility index (Phi) is 5.28. The summed E-state index contributed by atoms with van der Waals surface area (Å²) in [5, 5.41) is 4.22. The van der Waals surface area contributed by atoms with E-state index >= 15 is 0 Å². The Balaban J connectivity index is 2.12. The first-order chi connectivity index (χ1) is 10.9. The fourth-order valence-electron chi connectivity index (χ4n) is 1.80. The number of halogens is 3. The quantitative estimate of drug-likeness (QED) is 0.847. The van der Waals surface area contributed by atoms with Crippen LogP contribution < -0.4 is 15.4 Å². The lowest BCUT2D eigenvalue weighted by molar-refractivity contribution is 0.0959. The fourth-order valence-corrected chi connectivity index (χ4v) is 2.14. The van der Waals surface area contributed by atoms with Crippen molar-refractivity contribution in [2.45, 2.75) is 0 Å². The van der Waals surface area contributed by atoms with Gasteiger partial charge in [0.1, 0.15) is 22.9 Å². The maximum absolute atomic E-state index is 13.5. The topological polar surface area (TPSA) is 67.4 Å². The highest BCUT2D eigenvalue weighted by atomic mass is 79.9. The van der Waals surface area contributed by atoms with Crippen molar-refractivity contribution in [1.82, 2.24) is 5.32 Å². The summed E-state index contributed by atoms with van der Waals surface area (Å²) >= 11 is 3.24. The summed E-state index contributed by atoms with van der Waals surface area (Å²) in [7, 11) is 1.41. The number of methoxy groups -OCH3 is 1. The molecule has 2 N–H and O–H groups in total. The average Bonchev–Trinajstić information content (AvgIpc) is 2.48. The van der Waals surface area contributed by atoms with Gasteiger partial charge in [-0.3, -0.25) is 10.1 Å². The van der Waals surface area contributed by atoms with Crippen LogP contribution in [0.4, 0.5) is 19.3 Å². The molecule has 0 saturated carbocycles. The van der Waals surface area contributed by atoms with Gasteiger partial charge in [0.2, 0.25) is 0 Å². The van der Waals surface area contributed by atoms with Crippen molar-refractivity contribution in [3.63, 3.8) is 0 Å². The third kappa shape index (κ3) is 4.04. The number of amides is 3. The van der Waals surface area contributed by atoms with Crippen molar-refractivity contribution in [3.8, 4) is 5.75 Å². The van der Waals surface area contributed by atoms with Crippen molar-refractivity contribution in [3.05, 3.63) is 58.1 Å². The van der Waals surface area contributed by atoms with E-state index in [1.165, 1.54) is 13.2 Å². The van der Waals surface area contributed by atoms with Gasteiger partial charge in [-0.05, 0) is 30.3 Å². The lowest BCUT2D eigenvalue weighted by Crippen LogP contribution is -2.35. The van der Waals surface area contributed by atoms with Crippen LogP contribution >= 0.6 is 15.9 Å². The van der Waals surface area contributed by atoms with E-state index in [2.05, 4.69) is 21.2 Å². The van der Waals surface area contributed by atoms with Crippen molar-refractivity contribution >= 4 is 33.6 Å². The van der Waals surface area contributed by atoms with E-state index in [4.69, 9.17) is 4.74 Å². The van der Waals surface area contributed by atoms with Gasteiger partial charge in [0.05, 0.1) is 12.8 Å². The Morgan fingerprint density at radius 3 is 2.39 bits per heavy atom. The summed E-state index contributed by atoms with van der Waals surface area (Å²) in [5.74, 6) is -2.96. The molecular formula is C15H11BrF2N2O3. The highest BCUT2D eigenvalue weighted by molar-refractivity contribution is 9.10. The zero-order valence-electron chi connectivity index (χ0n) is 11.8. The van der Waals surface area contributed by atoms with Crippen molar-refractivity contribution in [2.75, 3.05) is 12.4 Å². The lowest BCUT2D eigenvalue weighted by atomic mass is 10.2. The second-order valence-electron chi connectivity index (χ2n) is 4.35. The first kappa shape index (κ1) is 16.9. The van der Waals surface area contributed by atoms with Crippen LogP contribution in [0.1, 0.15) is 10.4 Å². The molecule has 0 aromatic heterocycles. The maximum Gasteiger partial charge on any atom is 0.326 e. The third-order valence-electron chi connectivity index (χ3n) is 2.83. The molecule has 0 aliphatic carbocycles. The summed E-state index contributed by atoms with van der Waals surface area (Å²) in [5.41, 5.74) is -0.541. The number of carbonyl (C=O) groups excluding carboxylic acids is 2. The molecule has 0 spiro atoms. The Bertz CT molecular complexity index is 748. The molecule has 0 heterocycles. The van der Waals surface area contributed by atoms with E-state index in [9.17, 15) is 18.4 Å².